The molecule has 0 bridgehead atoms. The van der Waals surface area contributed by atoms with E-state index in [1.165, 1.54) is 97.6 Å². The van der Waals surface area contributed by atoms with Gasteiger partial charge in [-0.1, -0.05) is 76.8 Å². The van der Waals surface area contributed by atoms with E-state index in [2.05, 4.69) is 91.8 Å². The van der Waals surface area contributed by atoms with Crippen molar-refractivity contribution in [2.45, 2.75) is 126 Å². The van der Waals surface area contributed by atoms with Gasteiger partial charge in [0, 0.05) is 0 Å². The highest BCUT2D eigenvalue weighted by atomic mass is 14.0. The van der Waals surface area contributed by atoms with E-state index in [0.29, 0.717) is 0 Å². The van der Waals surface area contributed by atoms with Crippen LogP contribution in [0.4, 0.5) is 0 Å². The number of unbranched alkanes of at least 4 members (excludes halogenated alkanes) is 1. The maximum atomic E-state index is 3.93. The zero-order valence-corrected chi connectivity index (χ0v) is 22.7. The average molecular weight is 438 g/mol. The van der Waals surface area contributed by atoms with E-state index in [1.54, 1.807) is 0 Å². The topological polar surface area (TPSA) is 0 Å². The van der Waals surface area contributed by atoms with Gasteiger partial charge in [-0.15, -0.1) is 0 Å². The van der Waals surface area contributed by atoms with Gasteiger partial charge in [-0.3, -0.25) is 0 Å². The molecule has 0 rings (SSSR count). The normalized spacial score (nSPS) is 14.2. The Balaban J connectivity index is 4.07. The second kappa shape index (κ2) is 20.1. The first-order chi connectivity index (χ1) is 15.2. The van der Waals surface area contributed by atoms with Crippen LogP contribution in [-0.2, 0) is 0 Å². The Kier molecular flexibility index (Phi) is 19.1. The third-order valence-electron chi connectivity index (χ3n) is 5.91. The molecule has 0 saturated heterocycles. The Morgan fingerprint density at radius 1 is 0.406 bits per heavy atom. The molecule has 0 fully saturated rings. The van der Waals surface area contributed by atoms with Crippen LogP contribution < -0.4 is 0 Å². The van der Waals surface area contributed by atoms with Crippen molar-refractivity contribution in [3.05, 3.63) is 76.8 Å². The molecule has 0 heterocycles. The Morgan fingerprint density at radius 3 is 1.00 bits per heavy atom. The Morgan fingerprint density at radius 2 is 0.688 bits per heavy atom. The van der Waals surface area contributed by atoms with Gasteiger partial charge in [0.25, 0.3) is 0 Å². The largest absolute Gasteiger partial charge is 0.0856 e. The lowest BCUT2D eigenvalue weighted by atomic mass is 10.0. The van der Waals surface area contributed by atoms with Crippen molar-refractivity contribution < 1.29 is 0 Å². The van der Waals surface area contributed by atoms with E-state index in [1.807, 2.05) is 0 Å². The molecular formula is C32H53. The summed E-state index contributed by atoms with van der Waals surface area (Å²) in [5.74, 6) is 0. The Hall–Kier alpha value is -1.56. The highest BCUT2D eigenvalue weighted by molar-refractivity contribution is 5.08. The second-order valence-electron chi connectivity index (χ2n) is 9.87. The third-order valence-corrected chi connectivity index (χ3v) is 5.91. The molecule has 0 unspecified atom stereocenters. The van der Waals surface area contributed by atoms with Crippen LogP contribution in [0.25, 0.3) is 0 Å². The minimum absolute atomic E-state index is 1.01. The fourth-order valence-corrected chi connectivity index (χ4v) is 3.68. The molecule has 32 heavy (non-hydrogen) atoms. The van der Waals surface area contributed by atoms with Crippen molar-refractivity contribution in [1.82, 2.24) is 0 Å². The molecule has 181 valence electrons. The molecule has 0 aromatic carbocycles. The summed E-state index contributed by atoms with van der Waals surface area (Å²) in [4.78, 5) is 0. The lowest BCUT2D eigenvalue weighted by molar-refractivity contribution is 0.891. The lowest BCUT2D eigenvalue weighted by Gasteiger charge is -2.03. The van der Waals surface area contributed by atoms with Gasteiger partial charge >= 0.3 is 0 Å². The first kappa shape index (κ1) is 30.4. The van der Waals surface area contributed by atoms with Gasteiger partial charge < -0.3 is 0 Å². The van der Waals surface area contributed by atoms with Crippen LogP contribution in [0.15, 0.2) is 69.9 Å². The fraction of sp³-hybridized carbons (Fsp3) is 0.594. The van der Waals surface area contributed by atoms with Gasteiger partial charge in [-0.05, 0) is 126 Å². The maximum absolute atomic E-state index is 3.93. The van der Waals surface area contributed by atoms with Crippen molar-refractivity contribution in [2.24, 2.45) is 0 Å². The SMILES string of the molecule is [CH2]CC/C(C)=C/CC/C(C)=C/CC/C(C)=C/CC/C=C(\C)CCC=C(C)CCC=C(C)C. The van der Waals surface area contributed by atoms with E-state index in [9.17, 15) is 0 Å². The molecule has 0 aromatic rings. The molecule has 0 aliphatic rings. The molecule has 1 radical (unpaired) electrons. The van der Waals surface area contributed by atoms with Crippen LogP contribution in [0.2, 0.25) is 0 Å². The zero-order valence-electron chi connectivity index (χ0n) is 22.7. The van der Waals surface area contributed by atoms with Crippen molar-refractivity contribution in [2.75, 3.05) is 0 Å². The molecule has 0 saturated carbocycles. The monoisotopic (exact) mass is 437 g/mol. The molecule has 0 aliphatic carbocycles. The average Bonchev–Trinajstić information content (AvgIpc) is 2.71. The quantitative estimate of drug-likeness (QED) is 0.157. The van der Waals surface area contributed by atoms with E-state index < -0.39 is 0 Å². The predicted octanol–water partition coefficient (Wildman–Crippen LogP) is 11.2. The van der Waals surface area contributed by atoms with Gasteiger partial charge in [0.15, 0.2) is 0 Å². The molecule has 0 N–H and O–H groups in total. The summed E-state index contributed by atoms with van der Waals surface area (Å²) in [6.45, 7) is 19.6. The molecule has 0 aromatic heterocycles. The highest BCUT2D eigenvalue weighted by Gasteiger charge is 1.94. The van der Waals surface area contributed by atoms with E-state index in [4.69, 9.17) is 0 Å². The Bertz CT molecular complexity index is 669. The van der Waals surface area contributed by atoms with Gasteiger partial charge in [0.1, 0.15) is 0 Å². The smallest absolute Gasteiger partial charge is 0.0288 e. The summed E-state index contributed by atoms with van der Waals surface area (Å²) in [6.07, 6.45) is 28.4. The van der Waals surface area contributed by atoms with Gasteiger partial charge in [-0.2, -0.15) is 0 Å². The molecule has 0 aliphatic heterocycles. The number of rotatable bonds is 17. The molecular weight excluding hydrogens is 384 g/mol. The van der Waals surface area contributed by atoms with Crippen LogP contribution in [0.5, 0.6) is 0 Å². The molecule has 0 amide bonds. The molecule has 0 atom stereocenters. The predicted molar refractivity (Wildman–Crippen MR) is 149 cm³/mol. The first-order valence-electron chi connectivity index (χ1n) is 12.9. The second-order valence-corrected chi connectivity index (χ2v) is 9.87. The third kappa shape index (κ3) is 20.3. The zero-order chi connectivity index (χ0) is 24.2. The Labute approximate surface area is 202 Å². The fourth-order valence-electron chi connectivity index (χ4n) is 3.68. The lowest BCUT2D eigenvalue weighted by Crippen LogP contribution is -1.82. The minimum Gasteiger partial charge on any atom is -0.0856 e. The molecule has 0 heteroatoms. The summed E-state index contributed by atoms with van der Waals surface area (Å²) in [5.41, 5.74) is 9.02. The van der Waals surface area contributed by atoms with E-state index >= 15 is 0 Å². The summed E-state index contributed by atoms with van der Waals surface area (Å²) >= 11 is 0. The van der Waals surface area contributed by atoms with Crippen molar-refractivity contribution in [3.63, 3.8) is 0 Å². The van der Waals surface area contributed by atoms with Crippen LogP contribution in [0.1, 0.15) is 126 Å². The minimum atomic E-state index is 1.01. The maximum Gasteiger partial charge on any atom is -0.0288 e. The molecule has 0 nitrogen and oxygen atoms in total. The van der Waals surface area contributed by atoms with Crippen LogP contribution in [0, 0.1) is 6.92 Å². The van der Waals surface area contributed by atoms with E-state index in [-0.39, 0.29) is 0 Å². The summed E-state index contributed by atoms with van der Waals surface area (Å²) in [6, 6.07) is 0. The number of hydrogen-bond donors (Lipinski definition) is 0. The van der Waals surface area contributed by atoms with Gasteiger partial charge in [-0.25, -0.2) is 0 Å². The standard InChI is InChI=1S/C32H53/c1-9-16-28(4)21-13-24-32(8)26-15-23-30(6)19-11-10-18-29(5)22-14-25-31(7)20-12-17-27(2)3/h17-19,21,25-26H,1,9-16,20,22-24H2,2-8H3/b28-21+,29-18+,30-19+,31-25?,32-26+. The van der Waals surface area contributed by atoms with Crippen molar-refractivity contribution in [1.29, 1.82) is 0 Å². The van der Waals surface area contributed by atoms with Crippen molar-refractivity contribution in [3.8, 4) is 0 Å². The summed E-state index contributed by atoms with van der Waals surface area (Å²) in [5, 5.41) is 0. The summed E-state index contributed by atoms with van der Waals surface area (Å²) in [7, 11) is 0. The van der Waals surface area contributed by atoms with Gasteiger partial charge in [0.05, 0.1) is 0 Å². The number of hydrogen-bond acceptors (Lipinski definition) is 0. The number of allylic oxidation sites excluding steroid dienone is 12. The van der Waals surface area contributed by atoms with Crippen molar-refractivity contribution >= 4 is 0 Å². The van der Waals surface area contributed by atoms with Crippen LogP contribution in [0.3, 0.4) is 0 Å². The van der Waals surface area contributed by atoms with Gasteiger partial charge in [0.2, 0.25) is 0 Å². The first-order valence-corrected chi connectivity index (χ1v) is 12.9. The molecule has 0 spiro atoms. The van der Waals surface area contributed by atoms with E-state index in [0.717, 1.165) is 12.8 Å². The van der Waals surface area contributed by atoms with Crippen LogP contribution >= 0.6 is 0 Å². The highest BCUT2D eigenvalue weighted by Crippen LogP contribution is 2.15. The summed E-state index contributed by atoms with van der Waals surface area (Å²) < 4.78 is 0. The van der Waals surface area contributed by atoms with Crippen LogP contribution in [-0.4, -0.2) is 0 Å².